The zero-order chi connectivity index (χ0) is 23.3. The lowest BCUT2D eigenvalue weighted by Gasteiger charge is -2.33. The zero-order valence-electron chi connectivity index (χ0n) is 18.3. The van der Waals surface area contributed by atoms with Gasteiger partial charge >= 0.3 is 6.09 Å². The second-order valence-corrected chi connectivity index (χ2v) is 9.16. The maximum atomic E-state index is 13.2. The molecule has 1 saturated heterocycles. The molecule has 32 heavy (non-hydrogen) atoms. The summed E-state index contributed by atoms with van der Waals surface area (Å²) in [7, 11) is -2.39. The molecule has 0 aliphatic carbocycles. The number of methoxy groups -OCH3 is 1. The van der Waals surface area contributed by atoms with Gasteiger partial charge in [-0.3, -0.25) is 4.79 Å². The molecule has 1 aliphatic heterocycles. The SMILES string of the molecule is CCOC(=O)N1CCN(S(=O)(=O)c2ccc(OC)c(NC(=O)c3ccccc3C)c2)CC1. The molecule has 0 saturated carbocycles. The zero-order valence-corrected chi connectivity index (χ0v) is 19.1. The van der Waals surface area contributed by atoms with Gasteiger partial charge in [-0.05, 0) is 43.7 Å². The number of rotatable bonds is 6. The molecule has 172 valence electrons. The highest BCUT2D eigenvalue weighted by molar-refractivity contribution is 7.89. The number of ether oxygens (including phenoxy) is 2. The molecule has 3 rings (SSSR count). The normalized spacial score (nSPS) is 14.7. The van der Waals surface area contributed by atoms with Crippen LogP contribution in [0.1, 0.15) is 22.8 Å². The minimum Gasteiger partial charge on any atom is -0.495 e. The Balaban J connectivity index is 1.80. The van der Waals surface area contributed by atoms with E-state index in [1.807, 2.05) is 19.1 Å². The van der Waals surface area contributed by atoms with Crippen LogP contribution in [-0.2, 0) is 14.8 Å². The van der Waals surface area contributed by atoms with Crippen molar-refractivity contribution in [2.24, 2.45) is 0 Å². The predicted molar refractivity (Wildman–Crippen MR) is 119 cm³/mol. The predicted octanol–water partition coefficient (Wildman–Crippen LogP) is 2.72. The van der Waals surface area contributed by atoms with Crippen LogP contribution in [0, 0.1) is 6.92 Å². The number of anilines is 1. The van der Waals surface area contributed by atoms with Crippen molar-refractivity contribution >= 4 is 27.7 Å². The summed E-state index contributed by atoms with van der Waals surface area (Å²) in [5.74, 6) is -0.0167. The molecule has 0 aromatic heterocycles. The van der Waals surface area contributed by atoms with E-state index in [-0.39, 0.29) is 49.3 Å². The first-order chi connectivity index (χ1) is 15.3. The van der Waals surface area contributed by atoms with Crippen LogP contribution in [0.3, 0.4) is 0 Å². The summed E-state index contributed by atoms with van der Waals surface area (Å²) in [5, 5.41) is 2.75. The molecule has 0 spiro atoms. The van der Waals surface area contributed by atoms with E-state index < -0.39 is 16.1 Å². The van der Waals surface area contributed by atoms with E-state index in [0.717, 1.165) is 5.56 Å². The highest BCUT2D eigenvalue weighted by Gasteiger charge is 2.31. The summed E-state index contributed by atoms with van der Waals surface area (Å²) in [4.78, 5) is 26.1. The van der Waals surface area contributed by atoms with Crippen LogP contribution < -0.4 is 10.1 Å². The number of nitrogens with zero attached hydrogens (tertiary/aromatic N) is 2. The Kier molecular flexibility index (Phi) is 7.37. The molecule has 2 aromatic rings. The van der Waals surface area contributed by atoms with E-state index >= 15 is 0 Å². The van der Waals surface area contributed by atoms with E-state index in [1.54, 1.807) is 19.1 Å². The molecular formula is C22H27N3O6S. The summed E-state index contributed by atoms with van der Waals surface area (Å²) in [5.41, 5.74) is 1.54. The number of piperazine rings is 1. The standard InChI is InChI=1S/C22H27N3O6S/c1-4-31-22(27)24-11-13-25(14-12-24)32(28,29)17-9-10-20(30-3)19(15-17)23-21(26)18-8-6-5-7-16(18)2/h5-10,15H,4,11-14H2,1-3H3,(H,23,26). The fourth-order valence-corrected chi connectivity index (χ4v) is 4.89. The van der Waals surface area contributed by atoms with Gasteiger partial charge in [-0.25, -0.2) is 13.2 Å². The lowest BCUT2D eigenvalue weighted by molar-refractivity contribution is 0.0933. The first kappa shape index (κ1) is 23.6. The second kappa shape index (κ2) is 10.0. The first-order valence-electron chi connectivity index (χ1n) is 10.2. The topological polar surface area (TPSA) is 105 Å². The molecular weight excluding hydrogens is 434 g/mol. The van der Waals surface area contributed by atoms with E-state index in [1.165, 1.54) is 34.5 Å². The van der Waals surface area contributed by atoms with Crippen molar-refractivity contribution in [3.05, 3.63) is 53.6 Å². The molecule has 1 fully saturated rings. The Morgan fingerprint density at radius 2 is 1.75 bits per heavy atom. The number of hydrogen-bond acceptors (Lipinski definition) is 6. The van der Waals surface area contributed by atoms with Crippen molar-refractivity contribution in [1.29, 1.82) is 0 Å². The van der Waals surface area contributed by atoms with E-state index in [4.69, 9.17) is 9.47 Å². The summed E-state index contributed by atoms with van der Waals surface area (Å²) in [6.45, 7) is 4.59. The van der Waals surface area contributed by atoms with Gasteiger partial charge in [0.2, 0.25) is 10.0 Å². The van der Waals surface area contributed by atoms with Gasteiger partial charge in [-0.15, -0.1) is 0 Å². The van der Waals surface area contributed by atoms with E-state index in [9.17, 15) is 18.0 Å². The molecule has 0 unspecified atom stereocenters. The molecule has 2 amide bonds. The van der Waals surface area contributed by atoms with Gasteiger partial charge in [0.25, 0.3) is 5.91 Å². The maximum Gasteiger partial charge on any atom is 0.409 e. The number of nitrogens with one attached hydrogen (secondary N) is 1. The van der Waals surface area contributed by atoms with Gasteiger partial charge in [0.15, 0.2) is 0 Å². The second-order valence-electron chi connectivity index (χ2n) is 7.22. The highest BCUT2D eigenvalue weighted by Crippen LogP contribution is 2.30. The summed E-state index contributed by atoms with van der Waals surface area (Å²) in [6, 6.07) is 11.5. The van der Waals surface area contributed by atoms with Gasteiger partial charge in [0, 0.05) is 31.7 Å². The fraction of sp³-hybridized carbons (Fsp3) is 0.364. The fourth-order valence-electron chi connectivity index (χ4n) is 3.44. The summed E-state index contributed by atoms with van der Waals surface area (Å²) < 4.78 is 38.0. The first-order valence-corrected chi connectivity index (χ1v) is 11.7. The van der Waals surface area contributed by atoms with Crippen molar-refractivity contribution < 1.29 is 27.5 Å². The van der Waals surface area contributed by atoms with E-state index in [2.05, 4.69) is 5.32 Å². The monoisotopic (exact) mass is 461 g/mol. The molecule has 0 atom stereocenters. The summed E-state index contributed by atoms with van der Waals surface area (Å²) >= 11 is 0. The lowest BCUT2D eigenvalue weighted by Crippen LogP contribution is -2.50. The largest absolute Gasteiger partial charge is 0.495 e. The molecule has 1 aliphatic rings. The number of carbonyl (C=O) groups excluding carboxylic acids is 2. The average molecular weight is 462 g/mol. The number of carbonyl (C=O) groups is 2. The Morgan fingerprint density at radius 3 is 2.38 bits per heavy atom. The Bertz CT molecular complexity index is 1090. The summed E-state index contributed by atoms with van der Waals surface area (Å²) in [6.07, 6.45) is -0.449. The van der Waals surface area contributed by atoms with Crippen LogP contribution in [0.5, 0.6) is 5.75 Å². The maximum absolute atomic E-state index is 13.2. The lowest BCUT2D eigenvalue weighted by atomic mass is 10.1. The van der Waals surface area contributed by atoms with Crippen LogP contribution >= 0.6 is 0 Å². The van der Waals surface area contributed by atoms with Crippen LogP contribution in [-0.4, -0.2) is 69.5 Å². The Morgan fingerprint density at radius 1 is 1.06 bits per heavy atom. The molecule has 1 heterocycles. The van der Waals surface area contributed by atoms with Crippen LogP contribution in [0.25, 0.3) is 0 Å². The average Bonchev–Trinajstić information content (AvgIpc) is 2.79. The number of amides is 2. The quantitative estimate of drug-likeness (QED) is 0.709. The van der Waals surface area contributed by atoms with Crippen molar-refractivity contribution in [3.63, 3.8) is 0 Å². The minimum absolute atomic E-state index is 0.0305. The Labute approximate surface area is 188 Å². The highest BCUT2D eigenvalue weighted by atomic mass is 32.2. The number of sulfonamides is 1. The third-order valence-electron chi connectivity index (χ3n) is 5.21. The van der Waals surface area contributed by atoms with E-state index in [0.29, 0.717) is 11.3 Å². The van der Waals surface area contributed by atoms with Gasteiger partial charge in [0.05, 0.1) is 24.3 Å². The van der Waals surface area contributed by atoms with Crippen molar-refractivity contribution in [2.45, 2.75) is 18.7 Å². The Hall–Kier alpha value is -3.11. The number of aryl methyl sites for hydroxylation is 1. The molecule has 0 bridgehead atoms. The molecule has 2 aromatic carbocycles. The van der Waals surface area contributed by atoms with Crippen molar-refractivity contribution in [3.8, 4) is 5.75 Å². The van der Waals surface area contributed by atoms with Crippen LogP contribution in [0.2, 0.25) is 0 Å². The molecule has 0 radical (unpaired) electrons. The van der Waals surface area contributed by atoms with Crippen LogP contribution in [0.4, 0.5) is 10.5 Å². The molecule has 9 nitrogen and oxygen atoms in total. The molecule has 10 heteroatoms. The number of hydrogen-bond donors (Lipinski definition) is 1. The van der Waals surface area contributed by atoms with Gasteiger partial charge in [0.1, 0.15) is 5.75 Å². The van der Waals surface area contributed by atoms with Gasteiger partial charge in [-0.2, -0.15) is 4.31 Å². The number of benzene rings is 2. The van der Waals surface area contributed by atoms with Crippen molar-refractivity contribution in [1.82, 2.24) is 9.21 Å². The smallest absolute Gasteiger partial charge is 0.409 e. The third-order valence-corrected chi connectivity index (χ3v) is 7.11. The van der Waals surface area contributed by atoms with Gasteiger partial charge < -0.3 is 19.7 Å². The third kappa shape index (κ3) is 5.03. The molecule has 1 N–H and O–H groups in total. The van der Waals surface area contributed by atoms with Gasteiger partial charge in [-0.1, -0.05) is 18.2 Å². The van der Waals surface area contributed by atoms with Crippen LogP contribution in [0.15, 0.2) is 47.4 Å². The minimum atomic E-state index is -3.83. The van der Waals surface area contributed by atoms with Crippen molar-refractivity contribution in [2.75, 3.05) is 45.2 Å².